The predicted octanol–water partition coefficient (Wildman–Crippen LogP) is 0.510. The first-order valence-corrected chi connectivity index (χ1v) is 6.30. The van der Waals surface area contributed by atoms with Crippen molar-refractivity contribution in [3.8, 4) is 6.07 Å². The average molecular weight is 263 g/mol. The first-order chi connectivity index (χ1) is 9.31. The SMILES string of the molecule is N#CCCN(Cc1ccco1)C(=O)C1COCCN1. The van der Waals surface area contributed by atoms with Gasteiger partial charge in [0, 0.05) is 13.1 Å². The molecule has 1 aliphatic heterocycles. The van der Waals surface area contributed by atoms with Gasteiger partial charge in [0.15, 0.2) is 0 Å². The van der Waals surface area contributed by atoms with Crippen molar-refractivity contribution >= 4 is 5.91 Å². The van der Waals surface area contributed by atoms with Crippen LogP contribution in [0.25, 0.3) is 0 Å². The standard InChI is InChI=1S/C13H17N3O3/c14-4-2-6-16(9-11-3-1-7-19-11)13(17)12-10-18-8-5-15-12/h1,3,7,12,15H,2,5-6,8-10H2. The van der Waals surface area contributed by atoms with Gasteiger partial charge in [-0.15, -0.1) is 0 Å². The smallest absolute Gasteiger partial charge is 0.242 e. The molecule has 1 unspecified atom stereocenters. The summed E-state index contributed by atoms with van der Waals surface area (Å²) in [6.07, 6.45) is 1.88. The molecule has 2 rings (SSSR count). The molecule has 0 bridgehead atoms. The van der Waals surface area contributed by atoms with Crippen molar-refractivity contribution in [2.45, 2.75) is 19.0 Å². The van der Waals surface area contributed by atoms with Gasteiger partial charge in [-0.2, -0.15) is 5.26 Å². The fourth-order valence-corrected chi connectivity index (χ4v) is 1.99. The molecule has 1 aliphatic rings. The lowest BCUT2D eigenvalue weighted by Crippen LogP contribution is -2.52. The Kier molecular flexibility index (Phi) is 4.95. The molecule has 1 saturated heterocycles. The third-order valence-electron chi connectivity index (χ3n) is 2.95. The molecule has 1 amide bonds. The Bertz CT molecular complexity index is 432. The van der Waals surface area contributed by atoms with Crippen LogP contribution in [0.15, 0.2) is 22.8 Å². The van der Waals surface area contributed by atoms with Crippen LogP contribution in [-0.2, 0) is 16.1 Å². The zero-order valence-corrected chi connectivity index (χ0v) is 10.7. The molecule has 1 fully saturated rings. The van der Waals surface area contributed by atoms with Gasteiger partial charge in [-0.1, -0.05) is 0 Å². The summed E-state index contributed by atoms with van der Waals surface area (Å²) in [5, 5.41) is 11.8. The molecule has 102 valence electrons. The van der Waals surface area contributed by atoms with E-state index < -0.39 is 0 Å². The molecule has 1 atom stereocenters. The van der Waals surface area contributed by atoms with E-state index in [1.807, 2.05) is 6.07 Å². The minimum Gasteiger partial charge on any atom is -0.467 e. The second-order valence-corrected chi connectivity index (χ2v) is 4.33. The maximum absolute atomic E-state index is 12.4. The molecule has 1 aromatic heterocycles. The monoisotopic (exact) mass is 263 g/mol. The zero-order chi connectivity index (χ0) is 13.5. The quantitative estimate of drug-likeness (QED) is 0.837. The van der Waals surface area contributed by atoms with Crippen LogP contribution in [0.1, 0.15) is 12.2 Å². The van der Waals surface area contributed by atoms with Gasteiger partial charge in [-0.05, 0) is 12.1 Å². The van der Waals surface area contributed by atoms with Gasteiger partial charge in [0.25, 0.3) is 0 Å². The van der Waals surface area contributed by atoms with E-state index in [2.05, 4.69) is 11.4 Å². The van der Waals surface area contributed by atoms with Crippen LogP contribution in [0.4, 0.5) is 0 Å². The number of ether oxygens (including phenoxy) is 1. The van der Waals surface area contributed by atoms with Gasteiger partial charge in [0.05, 0.1) is 38.5 Å². The number of carbonyl (C=O) groups excluding carboxylic acids is 1. The number of morpholine rings is 1. The predicted molar refractivity (Wildman–Crippen MR) is 67.0 cm³/mol. The second-order valence-electron chi connectivity index (χ2n) is 4.33. The Balaban J connectivity index is 1.99. The number of carbonyl (C=O) groups is 1. The average Bonchev–Trinajstić information content (AvgIpc) is 2.96. The van der Waals surface area contributed by atoms with E-state index >= 15 is 0 Å². The van der Waals surface area contributed by atoms with E-state index in [4.69, 9.17) is 14.4 Å². The number of furan rings is 1. The number of rotatable bonds is 5. The summed E-state index contributed by atoms with van der Waals surface area (Å²) >= 11 is 0. The van der Waals surface area contributed by atoms with Crippen molar-refractivity contribution in [1.82, 2.24) is 10.2 Å². The molecule has 6 nitrogen and oxygen atoms in total. The van der Waals surface area contributed by atoms with Crippen LogP contribution in [0, 0.1) is 11.3 Å². The van der Waals surface area contributed by atoms with Crippen LogP contribution in [0.2, 0.25) is 0 Å². The highest BCUT2D eigenvalue weighted by atomic mass is 16.5. The van der Waals surface area contributed by atoms with E-state index in [0.717, 1.165) is 0 Å². The second kappa shape index (κ2) is 6.92. The molecule has 19 heavy (non-hydrogen) atoms. The maximum atomic E-state index is 12.4. The summed E-state index contributed by atoms with van der Waals surface area (Å²) < 4.78 is 10.5. The van der Waals surface area contributed by atoms with E-state index in [0.29, 0.717) is 45.0 Å². The minimum absolute atomic E-state index is 0.0497. The highest BCUT2D eigenvalue weighted by molar-refractivity contribution is 5.82. The van der Waals surface area contributed by atoms with Gasteiger partial charge in [0.2, 0.25) is 5.91 Å². The van der Waals surface area contributed by atoms with Gasteiger partial charge < -0.3 is 19.4 Å². The van der Waals surface area contributed by atoms with E-state index in [1.165, 1.54) is 0 Å². The Hall–Kier alpha value is -1.84. The molecular formula is C13H17N3O3. The molecule has 1 N–H and O–H groups in total. The third-order valence-corrected chi connectivity index (χ3v) is 2.95. The molecule has 0 aliphatic carbocycles. The van der Waals surface area contributed by atoms with Crippen molar-refractivity contribution < 1.29 is 13.9 Å². The normalized spacial score (nSPS) is 18.8. The van der Waals surface area contributed by atoms with Gasteiger partial charge in [-0.25, -0.2) is 0 Å². The molecule has 1 aromatic rings. The van der Waals surface area contributed by atoms with E-state index in [1.54, 1.807) is 17.2 Å². The summed E-state index contributed by atoms with van der Waals surface area (Å²) in [6.45, 7) is 2.45. The lowest BCUT2D eigenvalue weighted by atomic mass is 10.2. The van der Waals surface area contributed by atoms with Crippen molar-refractivity contribution in [3.05, 3.63) is 24.2 Å². The van der Waals surface area contributed by atoms with Crippen LogP contribution in [-0.4, -0.2) is 43.2 Å². The largest absolute Gasteiger partial charge is 0.467 e. The Labute approximate surface area is 111 Å². The van der Waals surface area contributed by atoms with Crippen LogP contribution in [0.5, 0.6) is 0 Å². The van der Waals surface area contributed by atoms with Crippen molar-refractivity contribution in [2.24, 2.45) is 0 Å². The number of nitrogens with one attached hydrogen (secondary N) is 1. The number of amides is 1. The van der Waals surface area contributed by atoms with Gasteiger partial charge in [-0.3, -0.25) is 4.79 Å². The number of hydrogen-bond acceptors (Lipinski definition) is 5. The highest BCUT2D eigenvalue weighted by Crippen LogP contribution is 2.09. The van der Waals surface area contributed by atoms with Crippen LogP contribution in [0.3, 0.4) is 0 Å². The van der Waals surface area contributed by atoms with Crippen LogP contribution < -0.4 is 5.32 Å². The van der Waals surface area contributed by atoms with E-state index in [-0.39, 0.29) is 11.9 Å². The maximum Gasteiger partial charge on any atom is 0.242 e. The topological polar surface area (TPSA) is 78.5 Å². The molecule has 2 heterocycles. The lowest BCUT2D eigenvalue weighted by Gasteiger charge is -2.29. The molecule has 6 heteroatoms. The molecule has 0 radical (unpaired) electrons. The summed E-state index contributed by atoms with van der Waals surface area (Å²) in [4.78, 5) is 14.0. The number of nitrogens with zero attached hydrogens (tertiary/aromatic N) is 2. The number of hydrogen-bond donors (Lipinski definition) is 1. The minimum atomic E-state index is -0.331. The van der Waals surface area contributed by atoms with Crippen LogP contribution >= 0.6 is 0 Å². The molecular weight excluding hydrogens is 246 g/mol. The summed E-state index contributed by atoms with van der Waals surface area (Å²) in [7, 11) is 0. The Morgan fingerprint density at radius 1 is 1.63 bits per heavy atom. The fraction of sp³-hybridized carbons (Fsp3) is 0.538. The van der Waals surface area contributed by atoms with Gasteiger partial charge in [0.1, 0.15) is 11.8 Å². The lowest BCUT2D eigenvalue weighted by molar-refractivity contribution is -0.137. The Morgan fingerprint density at radius 3 is 3.16 bits per heavy atom. The van der Waals surface area contributed by atoms with Gasteiger partial charge >= 0.3 is 0 Å². The van der Waals surface area contributed by atoms with Crippen molar-refractivity contribution in [2.75, 3.05) is 26.3 Å². The van der Waals surface area contributed by atoms with Crippen molar-refractivity contribution in [1.29, 1.82) is 5.26 Å². The zero-order valence-electron chi connectivity index (χ0n) is 10.7. The van der Waals surface area contributed by atoms with E-state index in [9.17, 15) is 4.79 Å². The molecule has 0 spiro atoms. The first-order valence-electron chi connectivity index (χ1n) is 6.30. The first kappa shape index (κ1) is 13.6. The summed E-state index contributed by atoms with van der Waals surface area (Å²) in [5.41, 5.74) is 0. The third kappa shape index (κ3) is 3.81. The molecule has 0 saturated carbocycles. The molecule has 0 aromatic carbocycles. The fourth-order valence-electron chi connectivity index (χ4n) is 1.99. The Morgan fingerprint density at radius 2 is 2.53 bits per heavy atom. The highest BCUT2D eigenvalue weighted by Gasteiger charge is 2.26. The van der Waals surface area contributed by atoms with Crippen molar-refractivity contribution in [3.63, 3.8) is 0 Å². The summed E-state index contributed by atoms with van der Waals surface area (Å²) in [6, 6.07) is 5.33. The summed E-state index contributed by atoms with van der Waals surface area (Å²) in [5.74, 6) is 0.661. The number of nitriles is 1.